The molecule has 8 heteroatoms. The van der Waals surface area contributed by atoms with Gasteiger partial charge in [0.25, 0.3) is 15.9 Å². The molecule has 0 bridgehead atoms. The average Bonchev–Trinajstić information content (AvgIpc) is 2.72. The number of hydrogen-bond acceptors (Lipinski definition) is 3. The first-order valence-electron chi connectivity index (χ1n) is 8.94. The summed E-state index contributed by atoms with van der Waals surface area (Å²) in [4.78, 5) is 12.9. The van der Waals surface area contributed by atoms with E-state index >= 15 is 0 Å². The largest absolute Gasteiger partial charge is 0.321 e. The standard InChI is InChI=1S/C22H16BrClN2O3S/c1-26-19-12-9-16(24)13-18(19)20(14-5-3-2-4-6-14)21(30(26,28)29)22(27)25-17-10-7-15(23)8-11-17/h2-13H,1H3,(H,25,27). The topological polar surface area (TPSA) is 66.5 Å². The fourth-order valence-electron chi connectivity index (χ4n) is 3.34. The zero-order valence-corrected chi connectivity index (χ0v) is 18.9. The summed E-state index contributed by atoms with van der Waals surface area (Å²) < 4.78 is 28.8. The lowest BCUT2D eigenvalue weighted by atomic mass is 9.95. The molecule has 0 unspecified atom stereocenters. The van der Waals surface area contributed by atoms with Crippen molar-refractivity contribution in [3.63, 3.8) is 0 Å². The van der Waals surface area contributed by atoms with Gasteiger partial charge in [-0.3, -0.25) is 9.10 Å². The van der Waals surface area contributed by atoms with Gasteiger partial charge in [0.1, 0.15) is 0 Å². The molecule has 0 saturated heterocycles. The molecule has 0 aromatic heterocycles. The summed E-state index contributed by atoms with van der Waals surface area (Å²) in [6.07, 6.45) is 0. The number of nitrogens with zero attached hydrogens (tertiary/aromatic N) is 1. The quantitative estimate of drug-likeness (QED) is 0.529. The number of fused-ring (bicyclic) bond motifs is 1. The summed E-state index contributed by atoms with van der Waals surface area (Å²) in [6.45, 7) is 0. The molecule has 152 valence electrons. The lowest BCUT2D eigenvalue weighted by Crippen LogP contribution is -2.37. The molecule has 0 spiro atoms. The van der Waals surface area contributed by atoms with Crippen LogP contribution in [0.1, 0.15) is 11.1 Å². The first-order chi connectivity index (χ1) is 14.3. The molecule has 1 amide bonds. The predicted octanol–water partition coefficient (Wildman–Crippen LogP) is 5.28. The normalized spacial score (nSPS) is 15.0. The third-order valence-corrected chi connectivity index (χ3v) is 7.37. The highest BCUT2D eigenvalue weighted by molar-refractivity contribution is 9.10. The Morgan fingerprint density at radius 2 is 1.67 bits per heavy atom. The van der Waals surface area contributed by atoms with Crippen LogP contribution in [0, 0.1) is 0 Å². The van der Waals surface area contributed by atoms with E-state index in [-0.39, 0.29) is 4.91 Å². The van der Waals surface area contributed by atoms with Crippen LogP contribution < -0.4 is 9.62 Å². The van der Waals surface area contributed by atoms with Gasteiger partial charge in [0.15, 0.2) is 4.91 Å². The zero-order valence-electron chi connectivity index (χ0n) is 15.8. The number of carbonyl (C=O) groups is 1. The summed E-state index contributed by atoms with van der Waals surface area (Å²) in [5.41, 5.74) is 2.45. The van der Waals surface area contributed by atoms with E-state index in [1.54, 1.807) is 66.7 Å². The Kier molecular flexibility index (Phi) is 5.44. The maximum atomic E-state index is 13.4. The first kappa shape index (κ1) is 20.7. The van der Waals surface area contributed by atoms with Gasteiger partial charge in [-0.25, -0.2) is 8.42 Å². The number of benzene rings is 3. The van der Waals surface area contributed by atoms with Gasteiger partial charge in [-0.15, -0.1) is 0 Å². The molecule has 1 heterocycles. The van der Waals surface area contributed by atoms with Crippen molar-refractivity contribution in [1.29, 1.82) is 0 Å². The minimum atomic E-state index is -4.10. The average molecular weight is 504 g/mol. The highest BCUT2D eigenvalue weighted by atomic mass is 79.9. The Bertz CT molecular complexity index is 1270. The van der Waals surface area contributed by atoms with E-state index in [9.17, 15) is 13.2 Å². The summed E-state index contributed by atoms with van der Waals surface area (Å²) in [7, 11) is -2.68. The molecule has 4 rings (SSSR count). The second-order valence-electron chi connectivity index (χ2n) is 6.67. The van der Waals surface area contributed by atoms with Crippen molar-refractivity contribution >= 4 is 60.4 Å². The number of rotatable bonds is 3. The van der Waals surface area contributed by atoms with E-state index in [2.05, 4.69) is 21.2 Å². The Morgan fingerprint density at radius 1 is 1.00 bits per heavy atom. The molecule has 0 fully saturated rings. The van der Waals surface area contributed by atoms with E-state index in [4.69, 9.17) is 11.6 Å². The molecule has 0 atom stereocenters. The van der Waals surface area contributed by atoms with Crippen molar-refractivity contribution in [3.8, 4) is 0 Å². The maximum Gasteiger partial charge on any atom is 0.270 e. The van der Waals surface area contributed by atoms with Crippen molar-refractivity contribution in [1.82, 2.24) is 0 Å². The molecule has 5 nitrogen and oxygen atoms in total. The molecule has 1 N–H and O–H groups in total. The van der Waals surface area contributed by atoms with Crippen LogP contribution in [0.15, 0.2) is 82.2 Å². The third kappa shape index (κ3) is 3.64. The van der Waals surface area contributed by atoms with Gasteiger partial charge in [-0.05, 0) is 48.0 Å². The van der Waals surface area contributed by atoms with Crippen LogP contribution in [0.2, 0.25) is 5.02 Å². The van der Waals surface area contributed by atoms with E-state index in [0.717, 1.165) is 8.78 Å². The zero-order chi connectivity index (χ0) is 21.5. The second-order valence-corrected chi connectivity index (χ2v) is 9.92. The summed E-state index contributed by atoms with van der Waals surface area (Å²) in [5, 5.41) is 3.15. The minimum absolute atomic E-state index is 0.320. The van der Waals surface area contributed by atoms with E-state index < -0.39 is 15.9 Å². The smallest absolute Gasteiger partial charge is 0.270 e. The van der Waals surface area contributed by atoms with Crippen molar-refractivity contribution in [2.75, 3.05) is 16.7 Å². The Morgan fingerprint density at radius 3 is 2.33 bits per heavy atom. The van der Waals surface area contributed by atoms with Crippen LogP contribution >= 0.6 is 27.5 Å². The predicted molar refractivity (Wildman–Crippen MR) is 124 cm³/mol. The van der Waals surface area contributed by atoms with Crippen LogP contribution in [0.3, 0.4) is 0 Å². The highest BCUT2D eigenvalue weighted by Gasteiger charge is 2.39. The number of anilines is 2. The molecular weight excluding hydrogens is 488 g/mol. The lowest BCUT2D eigenvalue weighted by Gasteiger charge is -2.31. The van der Waals surface area contributed by atoms with Crippen molar-refractivity contribution < 1.29 is 13.2 Å². The molecule has 3 aromatic rings. The highest BCUT2D eigenvalue weighted by Crippen LogP contribution is 2.43. The molecular formula is C22H16BrClN2O3S. The first-order valence-corrected chi connectivity index (χ1v) is 11.6. The fraction of sp³-hybridized carbons (Fsp3) is 0.0455. The number of amides is 1. The van der Waals surface area contributed by atoms with Gasteiger partial charge in [0, 0.05) is 33.4 Å². The molecule has 30 heavy (non-hydrogen) atoms. The van der Waals surface area contributed by atoms with Gasteiger partial charge in [0.05, 0.1) is 5.69 Å². The number of hydrogen-bond donors (Lipinski definition) is 1. The van der Waals surface area contributed by atoms with Crippen molar-refractivity contribution in [2.24, 2.45) is 0 Å². The van der Waals surface area contributed by atoms with E-state index in [1.807, 2.05) is 6.07 Å². The minimum Gasteiger partial charge on any atom is -0.321 e. The van der Waals surface area contributed by atoms with Crippen LogP contribution in [-0.2, 0) is 14.8 Å². The van der Waals surface area contributed by atoms with Gasteiger partial charge in [-0.1, -0.05) is 57.9 Å². The number of carbonyl (C=O) groups excluding carboxylic acids is 1. The van der Waals surface area contributed by atoms with Gasteiger partial charge < -0.3 is 5.32 Å². The lowest BCUT2D eigenvalue weighted by molar-refractivity contribution is -0.112. The summed E-state index contributed by atoms with van der Waals surface area (Å²) in [5.74, 6) is -0.714. The number of halogens is 2. The number of nitrogens with one attached hydrogen (secondary N) is 1. The van der Waals surface area contributed by atoms with Gasteiger partial charge in [-0.2, -0.15) is 0 Å². The van der Waals surface area contributed by atoms with Gasteiger partial charge in [0.2, 0.25) is 0 Å². The van der Waals surface area contributed by atoms with Crippen LogP contribution in [0.4, 0.5) is 11.4 Å². The molecule has 1 aliphatic rings. The third-order valence-electron chi connectivity index (χ3n) is 4.78. The van der Waals surface area contributed by atoms with Crippen LogP contribution in [0.5, 0.6) is 0 Å². The molecule has 1 aliphatic heterocycles. The van der Waals surface area contributed by atoms with Crippen LogP contribution in [0.25, 0.3) is 5.57 Å². The molecule has 0 radical (unpaired) electrons. The summed E-state index contributed by atoms with van der Waals surface area (Å²) >= 11 is 9.57. The maximum absolute atomic E-state index is 13.4. The van der Waals surface area contributed by atoms with E-state index in [0.29, 0.717) is 33.1 Å². The fourth-order valence-corrected chi connectivity index (χ4v) is 5.24. The SMILES string of the molecule is CN1c2ccc(Cl)cc2C(c2ccccc2)=C(C(=O)Nc2ccc(Br)cc2)S1(=O)=O. The van der Waals surface area contributed by atoms with Crippen molar-refractivity contribution in [3.05, 3.63) is 98.3 Å². The summed E-state index contributed by atoms with van der Waals surface area (Å²) in [6, 6.07) is 20.8. The number of sulfonamides is 1. The van der Waals surface area contributed by atoms with Crippen molar-refractivity contribution in [2.45, 2.75) is 0 Å². The Balaban J connectivity index is 1.98. The van der Waals surface area contributed by atoms with Crippen LogP contribution in [-0.4, -0.2) is 21.4 Å². The Hall–Kier alpha value is -2.61. The molecule has 0 saturated carbocycles. The second kappa shape index (κ2) is 7.91. The monoisotopic (exact) mass is 502 g/mol. The molecule has 0 aliphatic carbocycles. The van der Waals surface area contributed by atoms with Gasteiger partial charge >= 0.3 is 0 Å². The van der Waals surface area contributed by atoms with E-state index in [1.165, 1.54) is 7.05 Å². The molecule has 3 aromatic carbocycles. The Labute approximate surface area is 188 Å².